The summed E-state index contributed by atoms with van der Waals surface area (Å²) in [4.78, 5) is 25.0. The van der Waals surface area contributed by atoms with E-state index >= 15 is 0 Å². The van der Waals surface area contributed by atoms with Gasteiger partial charge in [0.05, 0.1) is 5.69 Å². The molecule has 0 aliphatic carbocycles. The highest BCUT2D eigenvalue weighted by molar-refractivity contribution is 7.94. The van der Waals surface area contributed by atoms with E-state index < -0.39 is 15.9 Å². The highest BCUT2D eigenvalue weighted by Gasteiger charge is 2.22. The van der Waals surface area contributed by atoms with Gasteiger partial charge < -0.3 is 5.32 Å². The maximum atomic E-state index is 12.8. The van der Waals surface area contributed by atoms with Gasteiger partial charge in [-0.25, -0.2) is 0 Å². The number of hydrogen-bond donors (Lipinski definition) is 3. The van der Waals surface area contributed by atoms with Crippen LogP contribution in [0.3, 0.4) is 0 Å². The fourth-order valence-corrected chi connectivity index (χ4v) is 5.26. The van der Waals surface area contributed by atoms with Crippen molar-refractivity contribution in [3.63, 3.8) is 0 Å². The molecule has 0 saturated heterocycles. The Hall–Kier alpha value is -4.09. The van der Waals surface area contributed by atoms with Crippen LogP contribution in [0.25, 0.3) is 0 Å². The highest BCUT2D eigenvalue weighted by Crippen LogP contribution is 2.25. The van der Waals surface area contributed by atoms with E-state index in [1.165, 1.54) is 6.07 Å². The van der Waals surface area contributed by atoms with Crippen molar-refractivity contribution < 1.29 is 18.0 Å². The normalized spacial score (nSPS) is 11.5. The molecule has 4 rings (SSSR count). The van der Waals surface area contributed by atoms with Gasteiger partial charge in [0.2, 0.25) is 5.13 Å². The summed E-state index contributed by atoms with van der Waals surface area (Å²) in [6, 6.07) is 22.1. The lowest BCUT2D eigenvalue weighted by Gasteiger charge is -2.19. The van der Waals surface area contributed by atoms with Gasteiger partial charge in [0.25, 0.3) is 26.2 Å². The van der Waals surface area contributed by atoms with Crippen LogP contribution in [0.1, 0.15) is 47.1 Å². The number of aromatic nitrogens is 2. The second kappa shape index (κ2) is 10.5. The second-order valence-electron chi connectivity index (χ2n) is 9.16. The molecule has 0 aliphatic rings. The molecule has 0 fully saturated rings. The van der Waals surface area contributed by atoms with Crippen LogP contribution < -0.4 is 15.4 Å². The standard InChI is InChI=1S/C26H25N5O4S2/c1-26(2,3)19-14-12-18(13-15-19)22(32)27-20-10-7-11-21(16-20)31-37(34,35)25-30-29-24(36-25)28-23(33)17-8-5-4-6-9-17/h4-16,31H,1-3H3,(H,27,32)(H,28,29,33). The number of carbonyl (C=O) groups excluding carboxylic acids is 2. The van der Waals surface area contributed by atoms with Gasteiger partial charge in [-0.05, 0) is 53.4 Å². The molecule has 0 unspecified atom stereocenters. The van der Waals surface area contributed by atoms with E-state index in [1.807, 2.05) is 12.1 Å². The van der Waals surface area contributed by atoms with Crippen LogP contribution in [-0.2, 0) is 15.4 Å². The van der Waals surface area contributed by atoms with Gasteiger partial charge in [0.1, 0.15) is 0 Å². The van der Waals surface area contributed by atoms with E-state index in [9.17, 15) is 18.0 Å². The van der Waals surface area contributed by atoms with E-state index in [1.54, 1.807) is 60.7 Å². The molecule has 9 nitrogen and oxygen atoms in total. The predicted octanol–water partition coefficient (Wildman–Crippen LogP) is 5.14. The lowest BCUT2D eigenvalue weighted by atomic mass is 9.87. The number of nitrogens with one attached hydrogen (secondary N) is 3. The van der Waals surface area contributed by atoms with Crippen molar-refractivity contribution in [3.8, 4) is 0 Å². The molecule has 190 valence electrons. The first kappa shape index (κ1) is 26.0. The van der Waals surface area contributed by atoms with Gasteiger partial charge in [-0.15, -0.1) is 10.2 Å². The predicted molar refractivity (Wildman–Crippen MR) is 145 cm³/mol. The van der Waals surface area contributed by atoms with Gasteiger partial charge in [-0.3, -0.25) is 19.6 Å². The summed E-state index contributed by atoms with van der Waals surface area (Å²) >= 11 is 0.723. The molecule has 0 aliphatic heterocycles. The Morgan fingerprint density at radius 1 is 0.757 bits per heavy atom. The average Bonchev–Trinajstić information content (AvgIpc) is 3.34. The first-order valence-corrected chi connectivity index (χ1v) is 13.6. The molecule has 3 aromatic carbocycles. The number of rotatable bonds is 7. The molecule has 0 spiro atoms. The summed E-state index contributed by atoms with van der Waals surface area (Å²) in [6.45, 7) is 6.29. The number of hydrogen-bond acceptors (Lipinski definition) is 7. The first-order valence-electron chi connectivity index (χ1n) is 11.3. The third-order valence-electron chi connectivity index (χ3n) is 5.28. The van der Waals surface area contributed by atoms with E-state index in [-0.39, 0.29) is 26.5 Å². The molecule has 37 heavy (non-hydrogen) atoms. The minimum Gasteiger partial charge on any atom is -0.322 e. The quantitative estimate of drug-likeness (QED) is 0.281. The minimum atomic E-state index is -4.08. The zero-order valence-corrected chi connectivity index (χ0v) is 22.0. The molecule has 0 radical (unpaired) electrons. The van der Waals surface area contributed by atoms with Crippen molar-refractivity contribution in [2.24, 2.45) is 0 Å². The fourth-order valence-electron chi connectivity index (χ4n) is 3.31. The van der Waals surface area contributed by atoms with Crippen LogP contribution in [0, 0.1) is 0 Å². The lowest BCUT2D eigenvalue weighted by molar-refractivity contribution is 0.101. The van der Waals surface area contributed by atoms with Crippen LogP contribution in [-0.4, -0.2) is 30.4 Å². The van der Waals surface area contributed by atoms with Crippen LogP contribution in [0.5, 0.6) is 0 Å². The van der Waals surface area contributed by atoms with Crippen molar-refractivity contribution in [3.05, 3.63) is 95.6 Å². The average molecular weight is 536 g/mol. The molecule has 4 aromatic rings. The maximum absolute atomic E-state index is 12.8. The van der Waals surface area contributed by atoms with E-state index in [0.717, 1.165) is 16.9 Å². The summed E-state index contributed by atoms with van der Waals surface area (Å²) in [6.07, 6.45) is 0. The molecule has 1 aromatic heterocycles. The lowest BCUT2D eigenvalue weighted by Crippen LogP contribution is -2.15. The number of benzene rings is 3. The summed E-state index contributed by atoms with van der Waals surface area (Å²) < 4.78 is 27.8. The second-order valence-corrected chi connectivity index (χ2v) is 12.0. The van der Waals surface area contributed by atoms with Crippen molar-refractivity contribution in [1.82, 2.24) is 10.2 Å². The van der Waals surface area contributed by atoms with E-state index in [4.69, 9.17) is 0 Å². The number of anilines is 3. The third-order valence-corrected chi connectivity index (χ3v) is 7.87. The largest absolute Gasteiger partial charge is 0.322 e. The Bertz CT molecular complexity index is 1530. The zero-order valence-electron chi connectivity index (χ0n) is 20.3. The molecule has 1 heterocycles. The number of carbonyl (C=O) groups is 2. The molecule has 0 saturated carbocycles. The Balaban J connectivity index is 1.42. The van der Waals surface area contributed by atoms with Gasteiger partial charge >= 0.3 is 0 Å². The van der Waals surface area contributed by atoms with Gasteiger partial charge in [0, 0.05) is 16.8 Å². The minimum absolute atomic E-state index is 0.0261. The van der Waals surface area contributed by atoms with Crippen LogP contribution >= 0.6 is 11.3 Å². The topological polar surface area (TPSA) is 130 Å². The summed E-state index contributed by atoms with van der Waals surface area (Å²) in [5, 5.41) is 12.8. The number of nitrogens with zero attached hydrogens (tertiary/aromatic N) is 2. The molecule has 0 atom stereocenters. The SMILES string of the molecule is CC(C)(C)c1ccc(C(=O)Nc2cccc(NS(=O)(=O)c3nnc(NC(=O)c4ccccc4)s3)c2)cc1. The van der Waals surface area contributed by atoms with E-state index in [2.05, 4.69) is 46.3 Å². The van der Waals surface area contributed by atoms with Crippen molar-refractivity contribution >= 4 is 49.7 Å². The van der Waals surface area contributed by atoms with Crippen LogP contribution in [0.4, 0.5) is 16.5 Å². The molecule has 11 heteroatoms. The summed E-state index contributed by atoms with van der Waals surface area (Å²) in [7, 11) is -4.08. The van der Waals surface area contributed by atoms with Crippen LogP contribution in [0.15, 0.2) is 83.2 Å². The van der Waals surface area contributed by atoms with Crippen molar-refractivity contribution in [2.45, 2.75) is 30.5 Å². The van der Waals surface area contributed by atoms with Crippen LogP contribution in [0.2, 0.25) is 0 Å². The fraction of sp³-hybridized carbons (Fsp3) is 0.154. The summed E-state index contributed by atoms with van der Waals surface area (Å²) in [5.74, 6) is -0.742. The van der Waals surface area contributed by atoms with Crippen molar-refractivity contribution in [1.29, 1.82) is 0 Å². The Kier molecular flexibility index (Phi) is 7.37. The zero-order chi connectivity index (χ0) is 26.6. The monoisotopic (exact) mass is 535 g/mol. The summed E-state index contributed by atoms with van der Waals surface area (Å²) in [5.41, 5.74) is 2.62. The molecule has 2 amide bonds. The molecule has 0 bridgehead atoms. The highest BCUT2D eigenvalue weighted by atomic mass is 32.2. The third kappa shape index (κ3) is 6.57. The maximum Gasteiger partial charge on any atom is 0.291 e. The Morgan fingerprint density at radius 2 is 1.38 bits per heavy atom. The smallest absolute Gasteiger partial charge is 0.291 e. The van der Waals surface area contributed by atoms with Gasteiger partial charge in [0.15, 0.2) is 0 Å². The van der Waals surface area contributed by atoms with Crippen molar-refractivity contribution in [2.75, 3.05) is 15.4 Å². The Morgan fingerprint density at radius 3 is 2.05 bits per heavy atom. The van der Waals surface area contributed by atoms with E-state index in [0.29, 0.717) is 16.8 Å². The Labute approximate surface area is 219 Å². The van der Waals surface area contributed by atoms with Gasteiger partial charge in [-0.1, -0.05) is 68.5 Å². The number of amides is 2. The molecular weight excluding hydrogens is 510 g/mol. The molecular formula is C26H25N5O4S2. The van der Waals surface area contributed by atoms with Gasteiger partial charge in [-0.2, -0.15) is 8.42 Å². The first-order chi connectivity index (χ1) is 17.5. The number of sulfonamides is 1. The molecule has 3 N–H and O–H groups in total.